The summed E-state index contributed by atoms with van der Waals surface area (Å²) in [5, 5.41) is 10.9. The number of esters is 1. The molecule has 224 valence electrons. The molecule has 0 saturated carbocycles. The number of para-hydroxylation sites is 1. The summed E-state index contributed by atoms with van der Waals surface area (Å²) < 4.78 is 12.4. The number of aryl methyl sites for hydroxylation is 1. The zero-order chi connectivity index (χ0) is 30.1. The fourth-order valence-electron chi connectivity index (χ4n) is 7.24. The molecular formula is C32H43ClN2O6. The molecule has 1 aromatic carbocycles. The maximum absolute atomic E-state index is 14.8. The first-order chi connectivity index (χ1) is 19.5. The average molecular weight is 587 g/mol. The van der Waals surface area contributed by atoms with Gasteiger partial charge in [0.15, 0.2) is 0 Å². The summed E-state index contributed by atoms with van der Waals surface area (Å²) in [6.07, 6.45) is 6.12. The Balaban J connectivity index is 1.82. The third kappa shape index (κ3) is 5.35. The molecule has 41 heavy (non-hydrogen) atoms. The first kappa shape index (κ1) is 31.3. The molecule has 3 aliphatic heterocycles. The summed E-state index contributed by atoms with van der Waals surface area (Å²) in [4.78, 5) is 45.9. The van der Waals surface area contributed by atoms with Crippen molar-refractivity contribution in [3.05, 3.63) is 54.1 Å². The van der Waals surface area contributed by atoms with Crippen molar-refractivity contribution < 1.29 is 29.0 Å². The lowest BCUT2D eigenvalue weighted by Crippen LogP contribution is -2.59. The summed E-state index contributed by atoms with van der Waals surface area (Å²) in [7, 11) is 0. The minimum absolute atomic E-state index is 0.143. The van der Waals surface area contributed by atoms with E-state index in [9.17, 15) is 19.5 Å². The number of aliphatic hydroxyl groups excluding tert-OH is 1. The van der Waals surface area contributed by atoms with Gasteiger partial charge in [-0.3, -0.25) is 14.4 Å². The van der Waals surface area contributed by atoms with Crippen LogP contribution < -0.4 is 4.90 Å². The number of carbonyl (C=O) groups is 3. The Bertz CT molecular complexity index is 1180. The summed E-state index contributed by atoms with van der Waals surface area (Å²) >= 11 is 6.63. The number of aliphatic hydroxyl groups is 1. The van der Waals surface area contributed by atoms with Crippen LogP contribution in [0.4, 0.5) is 5.69 Å². The van der Waals surface area contributed by atoms with Gasteiger partial charge < -0.3 is 24.4 Å². The number of fused-ring (bicyclic) bond motifs is 1. The van der Waals surface area contributed by atoms with Gasteiger partial charge in [0.25, 0.3) is 5.91 Å². The van der Waals surface area contributed by atoms with Gasteiger partial charge in [0, 0.05) is 6.54 Å². The molecule has 2 bridgehead atoms. The molecule has 4 rings (SSSR count). The predicted octanol–water partition coefficient (Wildman–Crippen LogP) is 4.85. The molecule has 1 aromatic rings. The number of unbranched alkanes of at least 4 members (excludes halogenated alkanes) is 1. The molecule has 2 unspecified atom stereocenters. The van der Waals surface area contributed by atoms with Crippen molar-refractivity contribution in [2.24, 2.45) is 17.8 Å². The number of carbonyl (C=O) groups excluding carboxylic acids is 3. The van der Waals surface area contributed by atoms with E-state index < -0.39 is 41.1 Å². The van der Waals surface area contributed by atoms with E-state index in [1.807, 2.05) is 39.8 Å². The van der Waals surface area contributed by atoms with Gasteiger partial charge in [-0.2, -0.15) is 0 Å². The highest BCUT2D eigenvalue weighted by molar-refractivity contribution is 6.34. The number of benzene rings is 1. The van der Waals surface area contributed by atoms with E-state index in [2.05, 4.69) is 13.2 Å². The standard InChI is InChI=1S/C32H43ClN2O6/c1-7-9-10-17-40-30(39)25-24-28(37)35(22(19-36)18-20(3)4)27(32(24)15-14-31(25,6)41-32)29(38)34(16-8-2)26-21(5)12-11-13-23(26)33/h7-8,11-13,20,22,24-25,27,36H,1-2,9-10,14-19H2,3-6H3/t22-,24+,25+,27?,31-,32?/m1/s1. The van der Waals surface area contributed by atoms with Crippen molar-refractivity contribution in [2.45, 2.75) is 83.1 Å². The van der Waals surface area contributed by atoms with E-state index in [-0.39, 0.29) is 37.5 Å². The maximum atomic E-state index is 14.8. The van der Waals surface area contributed by atoms with Gasteiger partial charge >= 0.3 is 5.97 Å². The Kier molecular flexibility index (Phi) is 9.36. The Morgan fingerprint density at radius 3 is 2.63 bits per heavy atom. The first-order valence-corrected chi connectivity index (χ1v) is 14.9. The number of amides is 2. The van der Waals surface area contributed by atoms with Crippen molar-refractivity contribution in [2.75, 3.05) is 24.7 Å². The van der Waals surface area contributed by atoms with Crippen LogP contribution in [0.3, 0.4) is 0 Å². The van der Waals surface area contributed by atoms with Gasteiger partial charge in [-0.1, -0.05) is 49.7 Å². The molecule has 0 radical (unpaired) electrons. The molecule has 1 spiro atoms. The van der Waals surface area contributed by atoms with Gasteiger partial charge in [-0.25, -0.2) is 0 Å². The zero-order valence-corrected chi connectivity index (χ0v) is 25.4. The van der Waals surface area contributed by atoms with Crippen LogP contribution >= 0.6 is 11.6 Å². The largest absolute Gasteiger partial charge is 0.465 e. The monoisotopic (exact) mass is 586 g/mol. The van der Waals surface area contributed by atoms with Crippen LogP contribution in [-0.4, -0.2) is 70.8 Å². The van der Waals surface area contributed by atoms with Crippen LogP contribution in [0.15, 0.2) is 43.5 Å². The third-order valence-electron chi connectivity index (χ3n) is 8.88. The van der Waals surface area contributed by atoms with Crippen molar-refractivity contribution in [3.63, 3.8) is 0 Å². The van der Waals surface area contributed by atoms with Gasteiger partial charge in [0.05, 0.1) is 41.5 Å². The number of hydrogen-bond acceptors (Lipinski definition) is 6. The van der Waals surface area contributed by atoms with Crippen LogP contribution in [-0.2, 0) is 23.9 Å². The fourth-order valence-corrected chi connectivity index (χ4v) is 7.56. The normalized spacial score (nSPS) is 29.0. The fraction of sp³-hybridized carbons (Fsp3) is 0.594. The van der Waals surface area contributed by atoms with E-state index in [1.165, 1.54) is 4.90 Å². The molecule has 0 aliphatic carbocycles. The second-order valence-corrected chi connectivity index (χ2v) is 12.6. The number of nitrogens with zero attached hydrogens (tertiary/aromatic N) is 2. The van der Waals surface area contributed by atoms with E-state index in [1.54, 1.807) is 23.1 Å². The molecule has 0 aromatic heterocycles. The zero-order valence-electron chi connectivity index (χ0n) is 24.6. The number of likely N-dealkylation sites (tertiary alicyclic amines) is 1. The quantitative estimate of drug-likeness (QED) is 0.202. The summed E-state index contributed by atoms with van der Waals surface area (Å²) in [6, 6.07) is 3.71. The number of hydrogen-bond donors (Lipinski definition) is 1. The number of ether oxygens (including phenoxy) is 2. The van der Waals surface area contributed by atoms with Crippen molar-refractivity contribution in [1.29, 1.82) is 0 Å². The Labute approximate surface area is 248 Å². The highest BCUT2D eigenvalue weighted by Gasteiger charge is 2.79. The smallest absolute Gasteiger partial charge is 0.312 e. The Morgan fingerprint density at radius 2 is 2.02 bits per heavy atom. The van der Waals surface area contributed by atoms with Crippen molar-refractivity contribution >= 4 is 35.1 Å². The third-order valence-corrected chi connectivity index (χ3v) is 9.19. The SMILES string of the molecule is C=CCCCOC(=O)[C@@H]1[C@H]2C(=O)N([C@@H](CO)CC(C)C)C(C(=O)N(CC=C)c3c(C)cccc3Cl)C23CC[C@@]1(C)O3. The molecule has 6 atom stereocenters. The molecule has 8 nitrogen and oxygen atoms in total. The minimum atomic E-state index is -1.24. The minimum Gasteiger partial charge on any atom is -0.465 e. The van der Waals surface area contributed by atoms with Gasteiger partial charge in [0.1, 0.15) is 17.6 Å². The molecular weight excluding hydrogens is 544 g/mol. The van der Waals surface area contributed by atoms with Crippen LogP contribution in [0.25, 0.3) is 0 Å². The van der Waals surface area contributed by atoms with Crippen LogP contribution in [0.5, 0.6) is 0 Å². The lowest BCUT2D eigenvalue weighted by atomic mass is 9.66. The van der Waals surface area contributed by atoms with Crippen molar-refractivity contribution in [1.82, 2.24) is 4.90 Å². The number of rotatable bonds is 13. The molecule has 3 heterocycles. The summed E-state index contributed by atoms with van der Waals surface area (Å²) in [6.45, 7) is 15.3. The number of anilines is 1. The van der Waals surface area contributed by atoms with Gasteiger partial charge in [0.2, 0.25) is 5.91 Å². The topological polar surface area (TPSA) is 96.4 Å². The predicted molar refractivity (Wildman–Crippen MR) is 159 cm³/mol. The van der Waals surface area contributed by atoms with Gasteiger partial charge in [-0.15, -0.1) is 13.2 Å². The highest BCUT2D eigenvalue weighted by atomic mass is 35.5. The molecule has 9 heteroatoms. The van der Waals surface area contributed by atoms with E-state index >= 15 is 0 Å². The molecule has 3 saturated heterocycles. The lowest BCUT2D eigenvalue weighted by Gasteiger charge is -2.40. The highest BCUT2D eigenvalue weighted by Crippen LogP contribution is 2.64. The molecule has 1 N–H and O–H groups in total. The van der Waals surface area contributed by atoms with Crippen molar-refractivity contribution in [3.8, 4) is 0 Å². The lowest BCUT2D eigenvalue weighted by molar-refractivity contribution is -0.160. The average Bonchev–Trinajstić information content (AvgIpc) is 3.49. The maximum Gasteiger partial charge on any atom is 0.312 e. The second kappa shape index (κ2) is 12.3. The van der Waals surface area contributed by atoms with Gasteiger partial charge in [-0.05, 0) is 63.5 Å². The number of halogens is 1. The van der Waals surface area contributed by atoms with E-state index in [4.69, 9.17) is 21.1 Å². The number of allylic oxidation sites excluding steroid dienone is 1. The van der Waals surface area contributed by atoms with E-state index in [0.717, 1.165) is 5.56 Å². The molecule has 3 fully saturated rings. The Hall–Kier alpha value is -2.68. The van der Waals surface area contributed by atoms with Crippen LogP contribution in [0.1, 0.15) is 58.4 Å². The second-order valence-electron chi connectivity index (χ2n) is 12.2. The Morgan fingerprint density at radius 1 is 1.29 bits per heavy atom. The van der Waals surface area contributed by atoms with Crippen LogP contribution in [0.2, 0.25) is 5.02 Å². The summed E-state index contributed by atoms with van der Waals surface area (Å²) in [5.74, 6) is -2.83. The first-order valence-electron chi connectivity index (χ1n) is 14.6. The summed E-state index contributed by atoms with van der Waals surface area (Å²) in [5.41, 5.74) is -0.862. The molecule has 2 amide bonds. The van der Waals surface area contributed by atoms with Crippen LogP contribution in [0, 0.1) is 24.7 Å². The van der Waals surface area contributed by atoms with E-state index in [0.29, 0.717) is 42.8 Å². The molecule has 3 aliphatic rings.